The first-order valence-corrected chi connectivity index (χ1v) is 7.14. The van der Waals surface area contributed by atoms with E-state index in [2.05, 4.69) is 24.5 Å². The second kappa shape index (κ2) is 11.9. The lowest BCUT2D eigenvalue weighted by atomic mass is 10.1. The molecular weight excluding hydrogens is 212 g/mol. The molecule has 0 fully saturated rings. The molecule has 0 aromatic heterocycles. The van der Waals surface area contributed by atoms with Crippen molar-refractivity contribution in [1.82, 2.24) is 10.6 Å². The lowest BCUT2D eigenvalue weighted by molar-refractivity contribution is -0.121. The lowest BCUT2D eigenvalue weighted by Gasteiger charge is -2.11. The third-order valence-corrected chi connectivity index (χ3v) is 3.11. The number of unbranched alkanes of at least 4 members (excludes halogenated alkanes) is 6. The van der Waals surface area contributed by atoms with Crippen LogP contribution in [0, 0.1) is 0 Å². The van der Waals surface area contributed by atoms with Crippen LogP contribution in [0.3, 0.4) is 0 Å². The molecule has 1 amide bonds. The maximum atomic E-state index is 11.5. The molecule has 0 aliphatic carbocycles. The number of amides is 1. The van der Waals surface area contributed by atoms with Gasteiger partial charge in [-0.25, -0.2) is 0 Å². The van der Waals surface area contributed by atoms with Crippen LogP contribution in [-0.2, 0) is 4.79 Å². The van der Waals surface area contributed by atoms with Gasteiger partial charge in [-0.05, 0) is 20.4 Å². The highest BCUT2D eigenvalue weighted by Gasteiger charge is 2.03. The molecule has 0 aliphatic heterocycles. The van der Waals surface area contributed by atoms with Crippen LogP contribution >= 0.6 is 0 Å². The first-order valence-electron chi connectivity index (χ1n) is 7.14. The SMILES string of the molecule is CCCCCCCCCC(=O)NCC(C)NC. The van der Waals surface area contributed by atoms with Gasteiger partial charge in [-0.2, -0.15) is 0 Å². The summed E-state index contributed by atoms with van der Waals surface area (Å²) in [4.78, 5) is 11.5. The Bertz CT molecular complexity index is 183. The van der Waals surface area contributed by atoms with Crippen LogP contribution < -0.4 is 10.6 Å². The monoisotopic (exact) mass is 242 g/mol. The van der Waals surface area contributed by atoms with Crippen LogP contribution in [-0.4, -0.2) is 25.5 Å². The fourth-order valence-corrected chi connectivity index (χ4v) is 1.70. The summed E-state index contributed by atoms with van der Waals surface area (Å²) in [5.74, 6) is 0.195. The molecule has 102 valence electrons. The van der Waals surface area contributed by atoms with Crippen molar-refractivity contribution in [1.29, 1.82) is 0 Å². The van der Waals surface area contributed by atoms with E-state index in [1.54, 1.807) is 0 Å². The number of likely N-dealkylation sites (N-methyl/N-ethyl adjacent to an activating group) is 1. The maximum Gasteiger partial charge on any atom is 0.220 e. The van der Waals surface area contributed by atoms with Gasteiger partial charge in [0.05, 0.1) is 0 Å². The summed E-state index contributed by atoms with van der Waals surface area (Å²) in [6, 6.07) is 0.355. The highest BCUT2D eigenvalue weighted by Crippen LogP contribution is 2.08. The Labute approximate surface area is 107 Å². The minimum atomic E-state index is 0.195. The molecule has 3 heteroatoms. The Hall–Kier alpha value is -0.570. The van der Waals surface area contributed by atoms with Crippen LogP contribution in [0.5, 0.6) is 0 Å². The molecule has 0 rings (SSSR count). The fourth-order valence-electron chi connectivity index (χ4n) is 1.70. The van der Waals surface area contributed by atoms with Crippen LogP contribution in [0.25, 0.3) is 0 Å². The molecule has 2 N–H and O–H groups in total. The number of rotatable bonds is 11. The van der Waals surface area contributed by atoms with Crippen LogP contribution in [0.1, 0.15) is 65.2 Å². The summed E-state index contributed by atoms with van der Waals surface area (Å²) in [5, 5.41) is 6.04. The summed E-state index contributed by atoms with van der Waals surface area (Å²) < 4.78 is 0. The molecule has 0 spiro atoms. The van der Waals surface area contributed by atoms with E-state index >= 15 is 0 Å². The van der Waals surface area contributed by atoms with Crippen LogP contribution in [0.15, 0.2) is 0 Å². The van der Waals surface area contributed by atoms with Crippen molar-refractivity contribution < 1.29 is 4.79 Å². The molecule has 0 bridgehead atoms. The molecule has 1 unspecified atom stereocenters. The van der Waals surface area contributed by atoms with Gasteiger partial charge >= 0.3 is 0 Å². The van der Waals surface area contributed by atoms with Gasteiger partial charge in [-0.1, -0.05) is 45.4 Å². The van der Waals surface area contributed by atoms with E-state index < -0.39 is 0 Å². The summed E-state index contributed by atoms with van der Waals surface area (Å²) in [5.41, 5.74) is 0. The Morgan fingerprint density at radius 2 is 1.65 bits per heavy atom. The van der Waals surface area contributed by atoms with Gasteiger partial charge in [0.25, 0.3) is 0 Å². The molecule has 0 saturated heterocycles. The molecule has 1 atom stereocenters. The van der Waals surface area contributed by atoms with Gasteiger partial charge in [-0.15, -0.1) is 0 Å². The van der Waals surface area contributed by atoms with E-state index in [-0.39, 0.29) is 5.91 Å². The van der Waals surface area contributed by atoms with Crippen molar-refractivity contribution in [2.24, 2.45) is 0 Å². The minimum Gasteiger partial charge on any atom is -0.355 e. The number of hydrogen-bond donors (Lipinski definition) is 2. The molecule has 0 aliphatic rings. The molecule has 17 heavy (non-hydrogen) atoms. The number of hydrogen-bond acceptors (Lipinski definition) is 2. The Morgan fingerprint density at radius 1 is 1.06 bits per heavy atom. The van der Waals surface area contributed by atoms with Gasteiger partial charge < -0.3 is 10.6 Å². The summed E-state index contributed by atoms with van der Waals surface area (Å²) in [6.07, 6.45) is 9.51. The third-order valence-electron chi connectivity index (χ3n) is 3.11. The molecule has 0 aromatic carbocycles. The van der Waals surface area contributed by atoms with Gasteiger partial charge in [0, 0.05) is 19.0 Å². The largest absolute Gasteiger partial charge is 0.355 e. The van der Waals surface area contributed by atoms with Crippen molar-refractivity contribution in [3.63, 3.8) is 0 Å². The van der Waals surface area contributed by atoms with E-state index in [9.17, 15) is 4.79 Å². The zero-order valence-electron chi connectivity index (χ0n) is 11.8. The summed E-state index contributed by atoms with van der Waals surface area (Å²) in [6.45, 7) is 5.02. The van der Waals surface area contributed by atoms with Crippen LogP contribution in [0.2, 0.25) is 0 Å². The minimum absolute atomic E-state index is 0.195. The van der Waals surface area contributed by atoms with E-state index in [1.165, 1.54) is 38.5 Å². The summed E-state index contributed by atoms with van der Waals surface area (Å²) in [7, 11) is 1.91. The smallest absolute Gasteiger partial charge is 0.220 e. The van der Waals surface area contributed by atoms with Gasteiger partial charge in [-0.3, -0.25) is 4.79 Å². The van der Waals surface area contributed by atoms with Gasteiger partial charge in [0.1, 0.15) is 0 Å². The van der Waals surface area contributed by atoms with Crippen molar-refractivity contribution in [2.75, 3.05) is 13.6 Å². The third kappa shape index (κ3) is 11.7. The Morgan fingerprint density at radius 3 is 2.24 bits per heavy atom. The van der Waals surface area contributed by atoms with Gasteiger partial charge in [0.2, 0.25) is 5.91 Å². The van der Waals surface area contributed by atoms with Gasteiger partial charge in [0.15, 0.2) is 0 Å². The molecule has 0 saturated carbocycles. The quantitative estimate of drug-likeness (QED) is 0.547. The van der Waals surface area contributed by atoms with E-state index in [0.717, 1.165) is 13.0 Å². The number of nitrogens with one attached hydrogen (secondary N) is 2. The molecule has 0 aromatic rings. The van der Waals surface area contributed by atoms with Crippen molar-refractivity contribution >= 4 is 5.91 Å². The Balaban J connectivity index is 3.22. The summed E-state index contributed by atoms with van der Waals surface area (Å²) >= 11 is 0. The fraction of sp³-hybridized carbons (Fsp3) is 0.929. The highest BCUT2D eigenvalue weighted by molar-refractivity contribution is 5.75. The molecular formula is C14H30N2O. The second-order valence-electron chi connectivity index (χ2n) is 4.87. The van der Waals surface area contributed by atoms with E-state index in [1.807, 2.05) is 7.05 Å². The predicted molar refractivity (Wildman–Crippen MR) is 74.1 cm³/mol. The van der Waals surface area contributed by atoms with E-state index in [0.29, 0.717) is 12.5 Å². The standard InChI is InChI=1S/C14H30N2O/c1-4-5-6-7-8-9-10-11-14(17)16-12-13(2)15-3/h13,15H,4-12H2,1-3H3,(H,16,17). The van der Waals surface area contributed by atoms with Crippen molar-refractivity contribution in [3.05, 3.63) is 0 Å². The first-order chi connectivity index (χ1) is 8.20. The van der Waals surface area contributed by atoms with Crippen LogP contribution in [0.4, 0.5) is 0 Å². The predicted octanol–water partition coefficient (Wildman–Crippen LogP) is 2.85. The van der Waals surface area contributed by atoms with Crippen molar-refractivity contribution in [2.45, 2.75) is 71.3 Å². The topological polar surface area (TPSA) is 41.1 Å². The molecule has 3 nitrogen and oxygen atoms in total. The Kier molecular flexibility index (Phi) is 11.5. The normalized spacial score (nSPS) is 12.4. The molecule has 0 heterocycles. The maximum absolute atomic E-state index is 11.5. The van der Waals surface area contributed by atoms with E-state index in [4.69, 9.17) is 0 Å². The lowest BCUT2D eigenvalue weighted by Crippen LogP contribution is -2.37. The average Bonchev–Trinajstić information content (AvgIpc) is 2.34. The molecule has 0 radical (unpaired) electrons. The highest BCUT2D eigenvalue weighted by atomic mass is 16.1. The van der Waals surface area contributed by atoms with Crippen molar-refractivity contribution in [3.8, 4) is 0 Å². The number of carbonyl (C=O) groups excluding carboxylic acids is 1. The average molecular weight is 242 g/mol. The zero-order chi connectivity index (χ0) is 12.9. The second-order valence-corrected chi connectivity index (χ2v) is 4.87. The zero-order valence-corrected chi connectivity index (χ0v) is 11.8. The first kappa shape index (κ1) is 16.4. The number of carbonyl (C=O) groups is 1.